The highest BCUT2D eigenvalue weighted by Crippen LogP contribution is 2.27. The SMILES string of the molecule is CS/C(=C\Nc1cccc(C)c1)S(=O)(=O)c1ccc(C)cc1. The second-order valence-corrected chi connectivity index (χ2v) is 8.02. The number of nitrogens with one attached hydrogen (secondary N) is 1. The largest absolute Gasteiger partial charge is 0.360 e. The second-order valence-electron chi connectivity index (χ2n) is 5.00. The summed E-state index contributed by atoms with van der Waals surface area (Å²) in [5.74, 6) is 0. The topological polar surface area (TPSA) is 46.2 Å². The number of sulfone groups is 1. The maximum atomic E-state index is 12.6. The first kappa shape index (κ1) is 16.6. The van der Waals surface area contributed by atoms with Crippen LogP contribution in [0.4, 0.5) is 5.69 Å². The van der Waals surface area contributed by atoms with Gasteiger partial charge in [-0.25, -0.2) is 8.42 Å². The van der Waals surface area contributed by atoms with E-state index in [9.17, 15) is 8.42 Å². The molecule has 0 saturated carbocycles. The number of benzene rings is 2. The van der Waals surface area contributed by atoms with E-state index in [0.29, 0.717) is 4.90 Å². The lowest BCUT2D eigenvalue weighted by atomic mass is 10.2. The molecule has 0 bridgehead atoms. The highest BCUT2D eigenvalue weighted by molar-refractivity contribution is 8.18. The zero-order valence-electron chi connectivity index (χ0n) is 12.8. The van der Waals surface area contributed by atoms with Gasteiger partial charge in [-0.05, 0) is 49.9 Å². The summed E-state index contributed by atoms with van der Waals surface area (Å²) in [6, 6.07) is 14.7. The first-order valence-electron chi connectivity index (χ1n) is 6.82. The highest BCUT2D eigenvalue weighted by Gasteiger charge is 2.19. The standard InChI is InChI=1S/C17H19NO2S2/c1-13-7-9-16(10-8-13)22(19,20)17(21-3)12-18-15-6-4-5-14(2)11-15/h4-12,18H,1-3H3/b17-12+. The molecule has 0 radical (unpaired) electrons. The minimum atomic E-state index is -3.49. The first-order valence-corrected chi connectivity index (χ1v) is 9.53. The fourth-order valence-corrected chi connectivity index (χ4v) is 4.24. The number of hydrogen-bond donors (Lipinski definition) is 1. The quantitative estimate of drug-likeness (QED) is 0.883. The molecule has 0 fully saturated rings. The third-order valence-electron chi connectivity index (χ3n) is 3.17. The summed E-state index contributed by atoms with van der Waals surface area (Å²) in [5.41, 5.74) is 3.02. The van der Waals surface area contributed by atoms with Crippen LogP contribution in [0.5, 0.6) is 0 Å². The first-order chi connectivity index (χ1) is 10.4. The van der Waals surface area contributed by atoms with Crippen LogP contribution in [0.15, 0.2) is 63.9 Å². The Morgan fingerprint density at radius 3 is 2.32 bits per heavy atom. The molecule has 22 heavy (non-hydrogen) atoms. The van der Waals surface area contributed by atoms with Gasteiger partial charge in [-0.1, -0.05) is 29.8 Å². The van der Waals surface area contributed by atoms with Gasteiger partial charge in [0.1, 0.15) is 4.24 Å². The van der Waals surface area contributed by atoms with Crippen molar-refractivity contribution in [1.82, 2.24) is 0 Å². The average Bonchev–Trinajstić information content (AvgIpc) is 2.48. The molecule has 0 aliphatic heterocycles. The lowest BCUT2D eigenvalue weighted by Crippen LogP contribution is -2.04. The van der Waals surface area contributed by atoms with E-state index in [1.54, 1.807) is 36.7 Å². The predicted molar refractivity (Wildman–Crippen MR) is 94.8 cm³/mol. The van der Waals surface area contributed by atoms with Crippen molar-refractivity contribution in [1.29, 1.82) is 0 Å². The smallest absolute Gasteiger partial charge is 0.213 e. The molecule has 1 N–H and O–H groups in total. The lowest BCUT2D eigenvalue weighted by molar-refractivity contribution is 0.604. The van der Waals surface area contributed by atoms with E-state index < -0.39 is 9.84 Å². The Balaban J connectivity index is 2.30. The number of anilines is 1. The molecule has 0 atom stereocenters. The molecule has 0 amide bonds. The molecule has 2 rings (SSSR count). The number of hydrogen-bond acceptors (Lipinski definition) is 4. The van der Waals surface area contributed by atoms with Crippen LogP contribution in [0.3, 0.4) is 0 Å². The molecular formula is C17H19NO2S2. The van der Waals surface area contributed by atoms with Crippen LogP contribution in [0.2, 0.25) is 0 Å². The van der Waals surface area contributed by atoms with Crippen molar-refractivity contribution in [3.05, 3.63) is 70.1 Å². The molecular weight excluding hydrogens is 314 g/mol. The van der Waals surface area contributed by atoms with Crippen molar-refractivity contribution < 1.29 is 8.42 Å². The van der Waals surface area contributed by atoms with Crippen molar-refractivity contribution in [2.75, 3.05) is 11.6 Å². The molecule has 2 aromatic carbocycles. The van der Waals surface area contributed by atoms with E-state index in [4.69, 9.17) is 0 Å². The van der Waals surface area contributed by atoms with Crippen LogP contribution >= 0.6 is 11.8 Å². The molecule has 0 saturated heterocycles. The normalized spacial score (nSPS) is 12.2. The van der Waals surface area contributed by atoms with E-state index >= 15 is 0 Å². The Morgan fingerprint density at radius 2 is 1.73 bits per heavy atom. The summed E-state index contributed by atoms with van der Waals surface area (Å²) in [5, 5.41) is 3.06. The van der Waals surface area contributed by atoms with Gasteiger partial charge in [0, 0.05) is 11.9 Å². The van der Waals surface area contributed by atoms with E-state index in [0.717, 1.165) is 16.8 Å². The monoisotopic (exact) mass is 333 g/mol. The Morgan fingerprint density at radius 1 is 1.05 bits per heavy atom. The van der Waals surface area contributed by atoms with Gasteiger partial charge in [-0.3, -0.25) is 0 Å². The third-order valence-corrected chi connectivity index (χ3v) is 6.39. The van der Waals surface area contributed by atoms with Gasteiger partial charge in [-0.15, -0.1) is 11.8 Å². The van der Waals surface area contributed by atoms with E-state index in [1.807, 2.05) is 38.1 Å². The number of aryl methyl sites for hydroxylation is 2. The number of thioether (sulfide) groups is 1. The van der Waals surface area contributed by atoms with Gasteiger partial charge in [0.05, 0.1) is 4.90 Å². The molecule has 0 aromatic heterocycles. The second kappa shape index (κ2) is 7.03. The van der Waals surface area contributed by atoms with Crippen molar-refractivity contribution in [2.45, 2.75) is 18.7 Å². The van der Waals surface area contributed by atoms with Crippen LogP contribution in [-0.4, -0.2) is 14.7 Å². The van der Waals surface area contributed by atoms with Crippen molar-refractivity contribution in [3.8, 4) is 0 Å². The van der Waals surface area contributed by atoms with Crippen LogP contribution in [0.1, 0.15) is 11.1 Å². The van der Waals surface area contributed by atoms with Crippen LogP contribution < -0.4 is 5.32 Å². The average molecular weight is 333 g/mol. The summed E-state index contributed by atoms with van der Waals surface area (Å²) in [4.78, 5) is 0.310. The van der Waals surface area contributed by atoms with Crippen LogP contribution in [0.25, 0.3) is 0 Å². The molecule has 116 valence electrons. The van der Waals surface area contributed by atoms with Gasteiger partial charge in [-0.2, -0.15) is 0 Å². The summed E-state index contributed by atoms with van der Waals surface area (Å²) in [6.45, 7) is 3.93. The van der Waals surface area contributed by atoms with E-state index in [-0.39, 0.29) is 4.24 Å². The number of rotatable bonds is 5. The zero-order valence-corrected chi connectivity index (χ0v) is 14.5. The van der Waals surface area contributed by atoms with E-state index in [1.165, 1.54) is 11.8 Å². The van der Waals surface area contributed by atoms with Crippen LogP contribution in [-0.2, 0) is 9.84 Å². The summed E-state index contributed by atoms with van der Waals surface area (Å²) >= 11 is 1.21. The highest BCUT2D eigenvalue weighted by atomic mass is 32.3. The Labute approximate surface area is 136 Å². The Kier molecular flexibility index (Phi) is 5.32. The molecule has 0 aliphatic rings. The minimum Gasteiger partial charge on any atom is -0.360 e. The Hall–Kier alpha value is -1.72. The third kappa shape index (κ3) is 3.93. The molecule has 0 unspecified atom stereocenters. The molecule has 0 heterocycles. The summed E-state index contributed by atoms with van der Waals surface area (Å²) in [7, 11) is -3.49. The van der Waals surface area contributed by atoms with Gasteiger partial charge in [0.25, 0.3) is 0 Å². The molecule has 0 spiro atoms. The lowest BCUT2D eigenvalue weighted by Gasteiger charge is -2.09. The van der Waals surface area contributed by atoms with Gasteiger partial charge in [0.15, 0.2) is 0 Å². The van der Waals surface area contributed by atoms with Crippen molar-refractivity contribution in [3.63, 3.8) is 0 Å². The van der Waals surface area contributed by atoms with Gasteiger partial charge < -0.3 is 5.32 Å². The summed E-state index contributed by atoms with van der Waals surface area (Å²) < 4.78 is 25.6. The minimum absolute atomic E-state index is 0.290. The molecule has 0 aliphatic carbocycles. The van der Waals surface area contributed by atoms with Gasteiger partial charge >= 0.3 is 0 Å². The van der Waals surface area contributed by atoms with Crippen LogP contribution in [0, 0.1) is 13.8 Å². The summed E-state index contributed by atoms with van der Waals surface area (Å²) in [6.07, 6.45) is 3.31. The molecule has 5 heteroatoms. The van der Waals surface area contributed by atoms with E-state index in [2.05, 4.69) is 5.32 Å². The zero-order chi connectivity index (χ0) is 16.2. The molecule has 3 nitrogen and oxygen atoms in total. The van der Waals surface area contributed by atoms with Crippen molar-refractivity contribution in [2.24, 2.45) is 0 Å². The fourth-order valence-electron chi connectivity index (χ4n) is 1.96. The maximum Gasteiger partial charge on any atom is 0.213 e. The molecule has 2 aromatic rings. The Bertz CT molecular complexity index is 779. The van der Waals surface area contributed by atoms with Crippen molar-refractivity contribution >= 4 is 27.3 Å². The maximum absolute atomic E-state index is 12.6. The predicted octanol–water partition coefficient (Wildman–Crippen LogP) is 4.35. The fraction of sp³-hybridized carbons (Fsp3) is 0.176. The van der Waals surface area contributed by atoms with Gasteiger partial charge in [0.2, 0.25) is 9.84 Å².